The predicted molar refractivity (Wildman–Crippen MR) is 141 cm³/mol. The third-order valence-electron chi connectivity index (χ3n) is 5.69. The first kappa shape index (κ1) is 30.3. The molecule has 1 atom stereocenters. The highest BCUT2D eigenvalue weighted by Gasteiger charge is 2.44. The molecule has 2 N–H and O–H groups in total. The van der Waals surface area contributed by atoms with E-state index in [0.717, 1.165) is 11.0 Å². The number of hydrogen-bond acceptors (Lipinski definition) is 8. The van der Waals surface area contributed by atoms with Crippen LogP contribution in [-0.2, 0) is 30.9 Å². The second-order valence-electron chi connectivity index (χ2n) is 12.1. The van der Waals surface area contributed by atoms with Gasteiger partial charge in [0.05, 0.1) is 11.7 Å². The summed E-state index contributed by atoms with van der Waals surface area (Å²) < 4.78 is 54.0. The molecule has 14 heteroatoms. The Morgan fingerprint density at radius 3 is 2.26 bits per heavy atom. The molecule has 0 aromatic heterocycles. The molecule has 0 unspecified atom stereocenters. The van der Waals surface area contributed by atoms with E-state index in [-0.39, 0.29) is 36.7 Å². The first-order valence-electron chi connectivity index (χ1n) is 12.6. The van der Waals surface area contributed by atoms with E-state index in [1.807, 2.05) is 13.8 Å². The first-order valence-corrected chi connectivity index (χ1v) is 14.0. The lowest BCUT2D eigenvalue weighted by molar-refractivity contribution is -0.117. The van der Waals surface area contributed by atoms with E-state index in [1.165, 1.54) is 4.90 Å². The number of fused-ring (bicyclic) bond motifs is 1. The summed E-state index contributed by atoms with van der Waals surface area (Å²) in [5, 5.41) is 10.7. The van der Waals surface area contributed by atoms with Gasteiger partial charge >= 0.3 is 22.4 Å². The Balaban J connectivity index is 2.08. The maximum absolute atomic E-state index is 15.9. The molecular formula is C25H37FN4O8S. The van der Waals surface area contributed by atoms with Crippen molar-refractivity contribution >= 4 is 39.7 Å². The summed E-state index contributed by atoms with van der Waals surface area (Å²) in [5.41, 5.74) is -2.50. The fraction of sp³-hybridized carbons (Fsp3) is 0.640. The number of anilines is 2. The van der Waals surface area contributed by atoms with Gasteiger partial charge in [-0.25, -0.2) is 23.0 Å². The quantitative estimate of drug-likeness (QED) is 0.547. The van der Waals surface area contributed by atoms with Gasteiger partial charge in [0.1, 0.15) is 29.2 Å². The third-order valence-corrected chi connectivity index (χ3v) is 7.07. The Morgan fingerprint density at radius 1 is 1.18 bits per heavy atom. The molecule has 2 aliphatic heterocycles. The number of ether oxygens (including phenoxy) is 2. The molecule has 3 rings (SSSR count). The highest BCUT2D eigenvalue weighted by atomic mass is 32.2. The fourth-order valence-corrected chi connectivity index (χ4v) is 5.58. The minimum absolute atomic E-state index is 0.0300. The van der Waals surface area contributed by atoms with Gasteiger partial charge < -0.3 is 19.5 Å². The van der Waals surface area contributed by atoms with Gasteiger partial charge in [-0.1, -0.05) is 13.8 Å². The molecule has 2 heterocycles. The average Bonchev–Trinajstić information content (AvgIpc) is 3.20. The predicted octanol–water partition coefficient (Wildman–Crippen LogP) is 3.27. The molecule has 0 aliphatic carbocycles. The lowest BCUT2D eigenvalue weighted by atomic mass is 10.1. The van der Waals surface area contributed by atoms with Crippen molar-refractivity contribution in [2.45, 2.75) is 79.1 Å². The van der Waals surface area contributed by atoms with E-state index in [1.54, 1.807) is 46.3 Å². The van der Waals surface area contributed by atoms with E-state index >= 15 is 4.39 Å². The Bertz CT molecular complexity index is 1270. The minimum atomic E-state index is -4.42. The smallest absolute Gasteiger partial charge is 0.415 e. The maximum Gasteiger partial charge on any atom is 0.415 e. The number of hydrogen-bond donors (Lipinski definition) is 2. The summed E-state index contributed by atoms with van der Waals surface area (Å²) in [7, 11) is -4.42. The number of rotatable bonds is 5. The summed E-state index contributed by atoms with van der Waals surface area (Å²) in [4.78, 5) is 40.7. The van der Waals surface area contributed by atoms with Crippen LogP contribution in [0.15, 0.2) is 6.07 Å². The number of amides is 3. The van der Waals surface area contributed by atoms with Crippen molar-refractivity contribution in [2.24, 2.45) is 5.92 Å². The standard InChI is InChI=1S/C25H37FN4O8S/c1-14(2)11-28(22(33)37-24(3,4)5)12-15-9-16-17(30(15)23(34)38-25(6,7)8)10-18(31)21(20(16)26)29-13-19(32)27-39(29,35)36/h10,14-15,31H,9,11-13H2,1-8H3,(H,27,32)/t15-/m0/s1. The monoisotopic (exact) mass is 572 g/mol. The number of carbonyl (C=O) groups is 3. The van der Waals surface area contributed by atoms with E-state index in [0.29, 0.717) is 4.31 Å². The summed E-state index contributed by atoms with van der Waals surface area (Å²) in [6.07, 6.45) is -1.58. The lowest BCUT2D eigenvalue weighted by Crippen LogP contribution is -2.50. The van der Waals surface area contributed by atoms with Gasteiger partial charge in [-0.3, -0.25) is 9.69 Å². The topological polar surface area (TPSA) is 146 Å². The number of aromatic hydroxyl groups is 1. The molecule has 0 saturated carbocycles. The van der Waals surface area contributed by atoms with Crippen molar-refractivity contribution in [2.75, 3.05) is 28.8 Å². The van der Waals surface area contributed by atoms with Gasteiger partial charge in [-0.2, -0.15) is 8.42 Å². The Labute approximate surface area is 228 Å². The largest absolute Gasteiger partial charge is 0.506 e. The highest BCUT2D eigenvalue weighted by molar-refractivity contribution is 7.92. The summed E-state index contributed by atoms with van der Waals surface area (Å²) in [6, 6.07) is 0.233. The zero-order valence-corrected chi connectivity index (χ0v) is 24.3. The molecule has 0 radical (unpaired) electrons. The van der Waals surface area contributed by atoms with Crippen molar-refractivity contribution in [1.29, 1.82) is 0 Å². The van der Waals surface area contributed by atoms with Crippen LogP contribution >= 0.6 is 0 Å². The molecule has 0 bridgehead atoms. The molecule has 3 amide bonds. The van der Waals surface area contributed by atoms with Gasteiger partial charge in [-0.15, -0.1) is 0 Å². The Kier molecular flexibility index (Phi) is 8.03. The summed E-state index contributed by atoms with van der Waals surface area (Å²) in [5.74, 6) is -2.74. The third kappa shape index (κ3) is 6.84. The molecule has 12 nitrogen and oxygen atoms in total. The second kappa shape index (κ2) is 10.4. The molecule has 1 fully saturated rings. The Hall–Kier alpha value is -3.29. The molecule has 1 aromatic carbocycles. The van der Waals surface area contributed by atoms with Crippen LogP contribution in [0.3, 0.4) is 0 Å². The lowest BCUT2D eigenvalue weighted by Gasteiger charge is -2.34. The number of benzene rings is 1. The van der Waals surface area contributed by atoms with Crippen molar-refractivity contribution in [3.8, 4) is 5.75 Å². The van der Waals surface area contributed by atoms with Crippen molar-refractivity contribution in [3.63, 3.8) is 0 Å². The van der Waals surface area contributed by atoms with E-state index in [4.69, 9.17) is 9.47 Å². The van der Waals surface area contributed by atoms with Gasteiger partial charge in [0.2, 0.25) is 0 Å². The van der Waals surface area contributed by atoms with Gasteiger partial charge in [-0.05, 0) is 47.5 Å². The van der Waals surface area contributed by atoms with Crippen LogP contribution in [0.1, 0.15) is 61.0 Å². The fourth-order valence-electron chi connectivity index (χ4n) is 4.42. The molecule has 39 heavy (non-hydrogen) atoms. The van der Waals surface area contributed by atoms with E-state index in [2.05, 4.69) is 0 Å². The van der Waals surface area contributed by atoms with Crippen molar-refractivity contribution in [1.82, 2.24) is 9.62 Å². The number of nitrogens with zero attached hydrogens (tertiary/aromatic N) is 3. The van der Waals surface area contributed by atoms with Crippen molar-refractivity contribution < 1.29 is 41.8 Å². The van der Waals surface area contributed by atoms with Crippen LogP contribution in [-0.4, -0.2) is 73.4 Å². The molecule has 0 spiro atoms. The van der Waals surface area contributed by atoms with Gasteiger partial charge in [0.15, 0.2) is 5.82 Å². The normalized spacial score (nSPS) is 18.7. The number of nitrogens with one attached hydrogen (secondary N) is 1. The average molecular weight is 573 g/mol. The highest BCUT2D eigenvalue weighted by Crippen LogP contribution is 2.45. The van der Waals surface area contributed by atoms with Crippen LogP contribution in [0.5, 0.6) is 5.75 Å². The van der Waals surface area contributed by atoms with E-state index < -0.39 is 69.3 Å². The van der Waals surface area contributed by atoms with E-state index in [9.17, 15) is 27.9 Å². The molecular weight excluding hydrogens is 535 g/mol. The minimum Gasteiger partial charge on any atom is -0.506 e. The van der Waals surface area contributed by atoms with Crippen LogP contribution in [0.4, 0.5) is 25.4 Å². The number of phenolic OH excluding ortho intramolecular Hbond substituents is 1. The SMILES string of the molecule is CC(C)CN(C[C@@H]1Cc2c(cc(O)c(N3CC(=O)NS3(=O)=O)c2F)N1C(=O)OC(C)(C)C)C(=O)OC(C)(C)C. The number of halogens is 1. The Morgan fingerprint density at radius 2 is 1.77 bits per heavy atom. The van der Waals surface area contributed by atoms with Crippen LogP contribution in [0.2, 0.25) is 0 Å². The molecule has 2 aliphatic rings. The van der Waals surface area contributed by atoms with Gasteiger partial charge in [0, 0.05) is 31.1 Å². The first-order chi connectivity index (χ1) is 17.7. The molecule has 218 valence electrons. The molecule has 1 aromatic rings. The maximum atomic E-state index is 15.9. The van der Waals surface area contributed by atoms with Crippen LogP contribution < -0.4 is 13.9 Å². The molecule has 1 saturated heterocycles. The summed E-state index contributed by atoms with van der Waals surface area (Å²) in [6.45, 7) is 13.5. The second-order valence-corrected chi connectivity index (χ2v) is 13.7. The zero-order valence-electron chi connectivity index (χ0n) is 23.5. The number of carbonyl (C=O) groups excluding carboxylic acids is 3. The van der Waals surface area contributed by atoms with Crippen LogP contribution in [0, 0.1) is 11.7 Å². The van der Waals surface area contributed by atoms with Gasteiger partial charge in [0.25, 0.3) is 5.91 Å². The summed E-state index contributed by atoms with van der Waals surface area (Å²) >= 11 is 0. The van der Waals surface area contributed by atoms with Crippen molar-refractivity contribution in [3.05, 3.63) is 17.4 Å². The number of phenols is 1. The zero-order chi connectivity index (χ0) is 29.7. The van der Waals surface area contributed by atoms with Crippen LogP contribution in [0.25, 0.3) is 0 Å².